The van der Waals surface area contributed by atoms with Gasteiger partial charge >= 0.3 is 0 Å². The summed E-state index contributed by atoms with van der Waals surface area (Å²) >= 11 is 1.85. The van der Waals surface area contributed by atoms with Crippen LogP contribution in [0.25, 0.3) is 0 Å². The lowest BCUT2D eigenvalue weighted by Crippen LogP contribution is -2.40. The highest BCUT2D eigenvalue weighted by Crippen LogP contribution is 2.49. The minimum Gasteiger partial charge on any atom is -0.338 e. The van der Waals surface area contributed by atoms with Crippen molar-refractivity contribution in [3.8, 4) is 0 Å². The molecule has 1 aliphatic heterocycles. The van der Waals surface area contributed by atoms with Gasteiger partial charge in [-0.15, -0.1) is 11.3 Å². The van der Waals surface area contributed by atoms with E-state index in [1.54, 1.807) is 0 Å². The maximum Gasteiger partial charge on any atom is 0.226 e. The van der Waals surface area contributed by atoms with Crippen LogP contribution in [0.1, 0.15) is 36.1 Å². The van der Waals surface area contributed by atoms with Crippen molar-refractivity contribution in [2.45, 2.75) is 38.6 Å². The molecule has 2 fully saturated rings. The molecule has 4 rings (SSSR count). The minimum absolute atomic E-state index is 0.365. The molecule has 0 aromatic carbocycles. The molecule has 0 N–H and O–H groups in total. The maximum absolute atomic E-state index is 12.7. The monoisotopic (exact) mass is 261 g/mol. The lowest BCUT2D eigenvalue weighted by Gasteiger charge is -2.32. The van der Waals surface area contributed by atoms with Gasteiger partial charge in [0, 0.05) is 23.9 Å². The number of nitrogens with zero attached hydrogens (tertiary/aromatic N) is 1. The Morgan fingerprint density at radius 3 is 3.06 bits per heavy atom. The van der Waals surface area contributed by atoms with E-state index in [2.05, 4.69) is 16.3 Å². The second-order valence-corrected chi connectivity index (χ2v) is 7.16. The highest BCUT2D eigenvalue weighted by molar-refractivity contribution is 7.10. The van der Waals surface area contributed by atoms with E-state index < -0.39 is 0 Å². The normalized spacial score (nSPS) is 33.8. The standard InChI is InChI=1S/C15H19NOS/c17-15(13-8-10-1-2-11(13)7-10)16-5-3-14-12(9-16)4-6-18-14/h4,6,10-11,13H,1-3,5,7-9H2. The van der Waals surface area contributed by atoms with Crippen molar-refractivity contribution in [3.05, 3.63) is 21.9 Å². The average molecular weight is 261 g/mol. The Labute approximate surface area is 112 Å². The van der Waals surface area contributed by atoms with E-state index in [0.29, 0.717) is 17.7 Å². The van der Waals surface area contributed by atoms with Gasteiger partial charge in [-0.25, -0.2) is 0 Å². The third-order valence-electron chi connectivity index (χ3n) is 5.17. The van der Waals surface area contributed by atoms with Gasteiger partial charge in [-0.05, 0) is 54.5 Å². The predicted molar refractivity (Wildman–Crippen MR) is 72.4 cm³/mol. The molecule has 1 aromatic rings. The zero-order chi connectivity index (χ0) is 12.1. The molecule has 2 heterocycles. The fourth-order valence-corrected chi connectivity index (χ4v) is 5.11. The first kappa shape index (κ1) is 11.0. The van der Waals surface area contributed by atoms with Crippen molar-refractivity contribution in [2.24, 2.45) is 17.8 Å². The van der Waals surface area contributed by atoms with Crippen LogP contribution in [0, 0.1) is 17.8 Å². The van der Waals surface area contributed by atoms with Crippen molar-refractivity contribution in [2.75, 3.05) is 6.54 Å². The molecular formula is C15H19NOS. The summed E-state index contributed by atoms with van der Waals surface area (Å²) in [6.45, 7) is 1.81. The summed E-state index contributed by atoms with van der Waals surface area (Å²) in [5, 5.41) is 2.16. The van der Waals surface area contributed by atoms with Crippen molar-refractivity contribution in [1.82, 2.24) is 4.90 Å². The molecule has 18 heavy (non-hydrogen) atoms. The van der Waals surface area contributed by atoms with Gasteiger partial charge in [0.25, 0.3) is 0 Å². The first-order valence-electron chi connectivity index (χ1n) is 7.15. The fourth-order valence-electron chi connectivity index (χ4n) is 4.22. The third-order valence-corrected chi connectivity index (χ3v) is 6.20. The SMILES string of the molecule is O=C(C1CC2CCC1C2)N1CCc2sccc2C1. The lowest BCUT2D eigenvalue weighted by atomic mass is 9.87. The molecule has 3 unspecified atom stereocenters. The Balaban J connectivity index is 1.50. The smallest absolute Gasteiger partial charge is 0.226 e. The van der Waals surface area contributed by atoms with Gasteiger partial charge in [0.15, 0.2) is 0 Å². The number of hydrogen-bond acceptors (Lipinski definition) is 2. The van der Waals surface area contributed by atoms with Crippen LogP contribution in [0.3, 0.4) is 0 Å². The van der Waals surface area contributed by atoms with E-state index in [1.807, 2.05) is 11.3 Å². The predicted octanol–water partition coefficient (Wildman–Crippen LogP) is 3.07. The van der Waals surface area contributed by atoms with Gasteiger partial charge in [0.05, 0.1) is 0 Å². The van der Waals surface area contributed by atoms with Gasteiger partial charge in [-0.1, -0.05) is 6.42 Å². The molecule has 1 aromatic heterocycles. The molecule has 96 valence electrons. The molecule has 2 nitrogen and oxygen atoms in total. The number of thiophene rings is 1. The zero-order valence-corrected chi connectivity index (χ0v) is 11.4. The Bertz CT molecular complexity index is 481. The summed E-state index contributed by atoms with van der Waals surface area (Å²) in [4.78, 5) is 16.3. The summed E-state index contributed by atoms with van der Waals surface area (Å²) in [5.41, 5.74) is 1.39. The Morgan fingerprint density at radius 1 is 1.33 bits per heavy atom. The van der Waals surface area contributed by atoms with E-state index in [1.165, 1.54) is 36.1 Å². The number of carbonyl (C=O) groups excluding carboxylic acids is 1. The van der Waals surface area contributed by atoms with E-state index in [4.69, 9.17) is 0 Å². The third kappa shape index (κ3) is 1.63. The van der Waals surface area contributed by atoms with Gasteiger partial charge in [0.2, 0.25) is 5.91 Å². The number of fused-ring (bicyclic) bond motifs is 3. The quantitative estimate of drug-likeness (QED) is 0.761. The van der Waals surface area contributed by atoms with Crippen molar-refractivity contribution in [3.63, 3.8) is 0 Å². The Morgan fingerprint density at radius 2 is 2.28 bits per heavy atom. The van der Waals surface area contributed by atoms with Crippen LogP contribution in [0.5, 0.6) is 0 Å². The molecule has 3 atom stereocenters. The van der Waals surface area contributed by atoms with Crippen LogP contribution in [-0.4, -0.2) is 17.4 Å². The van der Waals surface area contributed by atoms with Gasteiger partial charge in [-0.3, -0.25) is 4.79 Å². The summed E-state index contributed by atoms with van der Waals surface area (Å²) in [6, 6.07) is 2.19. The van der Waals surface area contributed by atoms with E-state index in [-0.39, 0.29) is 0 Å². The Kier molecular flexibility index (Phi) is 2.51. The molecule has 3 heteroatoms. The van der Waals surface area contributed by atoms with Gasteiger partial charge in [0.1, 0.15) is 0 Å². The second-order valence-electron chi connectivity index (χ2n) is 6.16. The molecular weight excluding hydrogens is 242 g/mol. The van der Waals surface area contributed by atoms with E-state index >= 15 is 0 Å². The minimum atomic E-state index is 0.365. The van der Waals surface area contributed by atoms with Gasteiger partial charge < -0.3 is 4.90 Å². The van der Waals surface area contributed by atoms with E-state index in [9.17, 15) is 4.79 Å². The van der Waals surface area contributed by atoms with Crippen LogP contribution in [0.4, 0.5) is 0 Å². The first-order chi connectivity index (χ1) is 8.81. The molecule has 0 spiro atoms. The van der Waals surface area contributed by atoms with E-state index in [0.717, 1.165) is 25.4 Å². The van der Waals surface area contributed by atoms with Crippen molar-refractivity contribution in [1.29, 1.82) is 0 Å². The zero-order valence-electron chi connectivity index (χ0n) is 10.6. The number of carbonyl (C=O) groups is 1. The number of amides is 1. The number of rotatable bonds is 1. The van der Waals surface area contributed by atoms with Crippen LogP contribution in [0.15, 0.2) is 11.4 Å². The molecule has 0 saturated heterocycles. The maximum atomic E-state index is 12.7. The van der Waals surface area contributed by atoms with Crippen LogP contribution >= 0.6 is 11.3 Å². The highest BCUT2D eigenvalue weighted by Gasteiger charge is 2.44. The second kappa shape index (κ2) is 4.09. The fraction of sp³-hybridized carbons (Fsp3) is 0.667. The van der Waals surface area contributed by atoms with Crippen LogP contribution in [-0.2, 0) is 17.8 Å². The van der Waals surface area contributed by atoms with Crippen LogP contribution < -0.4 is 0 Å². The molecule has 2 saturated carbocycles. The van der Waals surface area contributed by atoms with Gasteiger partial charge in [-0.2, -0.15) is 0 Å². The largest absolute Gasteiger partial charge is 0.338 e. The molecule has 3 aliphatic rings. The summed E-state index contributed by atoms with van der Waals surface area (Å²) in [6.07, 6.45) is 6.26. The van der Waals surface area contributed by atoms with Crippen LogP contribution in [0.2, 0.25) is 0 Å². The highest BCUT2D eigenvalue weighted by atomic mass is 32.1. The number of hydrogen-bond donors (Lipinski definition) is 0. The van der Waals surface area contributed by atoms with Crippen molar-refractivity contribution >= 4 is 17.2 Å². The molecule has 1 amide bonds. The topological polar surface area (TPSA) is 20.3 Å². The van der Waals surface area contributed by atoms with Crippen molar-refractivity contribution < 1.29 is 4.79 Å². The lowest BCUT2D eigenvalue weighted by molar-refractivity contribution is -0.138. The molecule has 2 bridgehead atoms. The first-order valence-corrected chi connectivity index (χ1v) is 8.03. The summed E-state index contributed by atoms with van der Waals surface area (Å²) < 4.78 is 0. The molecule has 0 radical (unpaired) electrons. The Hall–Kier alpha value is -0.830. The molecule has 2 aliphatic carbocycles. The summed E-state index contributed by atoms with van der Waals surface area (Å²) in [7, 11) is 0. The summed E-state index contributed by atoms with van der Waals surface area (Å²) in [5.74, 6) is 2.40. The average Bonchev–Trinajstić information content (AvgIpc) is 3.12.